The van der Waals surface area contributed by atoms with Gasteiger partial charge in [0.25, 0.3) is 5.91 Å². The van der Waals surface area contributed by atoms with Crippen LogP contribution in [-0.4, -0.2) is 40.3 Å². The second-order valence-corrected chi connectivity index (χ2v) is 9.04. The zero-order chi connectivity index (χ0) is 24.4. The third-order valence-corrected chi connectivity index (χ3v) is 6.94. The number of hydrogen-bond donors (Lipinski definition) is 2. The van der Waals surface area contributed by atoms with Crippen molar-refractivity contribution in [2.75, 3.05) is 11.4 Å². The van der Waals surface area contributed by atoms with Crippen LogP contribution in [0.2, 0.25) is 0 Å². The fourth-order valence-corrected chi connectivity index (χ4v) is 4.99. The van der Waals surface area contributed by atoms with Crippen LogP contribution in [0, 0.1) is 11.2 Å². The van der Waals surface area contributed by atoms with Crippen LogP contribution < -0.4 is 15.0 Å². The van der Waals surface area contributed by atoms with E-state index < -0.39 is 17.3 Å². The maximum atomic E-state index is 13.3. The van der Waals surface area contributed by atoms with Gasteiger partial charge in [0.1, 0.15) is 11.6 Å². The fraction of sp³-hybridized carbons (Fsp3) is 0.308. The Morgan fingerprint density at radius 2 is 1.77 bits per heavy atom. The first-order valence-corrected chi connectivity index (χ1v) is 11.6. The van der Waals surface area contributed by atoms with Crippen LogP contribution in [0.5, 0.6) is 5.75 Å². The van der Waals surface area contributed by atoms with Gasteiger partial charge in [-0.25, -0.2) is 14.2 Å². The van der Waals surface area contributed by atoms with Gasteiger partial charge in [-0.2, -0.15) is 0 Å². The molecule has 0 unspecified atom stereocenters. The first-order chi connectivity index (χ1) is 16.9. The highest BCUT2D eigenvalue weighted by Crippen LogP contribution is 2.46. The lowest BCUT2D eigenvalue weighted by atomic mass is 9.71. The normalized spacial score (nSPS) is 21.8. The summed E-state index contributed by atoms with van der Waals surface area (Å²) < 4.78 is 18.6. The van der Waals surface area contributed by atoms with Crippen molar-refractivity contribution < 1.29 is 23.5 Å². The maximum absolute atomic E-state index is 13.3. The summed E-state index contributed by atoms with van der Waals surface area (Å²) >= 11 is 0. The summed E-state index contributed by atoms with van der Waals surface area (Å²) in [5.41, 5.74) is 0.217. The van der Waals surface area contributed by atoms with E-state index in [1.807, 2.05) is 0 Å². The molecule has 2 aliphatic rings. The van der Waals surface area contributed by atoms with E-state index in [9.17, 15) is 18.8 Å². The number of H-pyrrole nitrogens is 1. The van der Waals surface area contributed by atoms with E-state index in [1.54, 1.807) is 47.4 Å². The van der Waals surface area contributed by atoms with Gasteiger partial charge in [0, 0.05) is 18.3 Å². The second kappa shape index (κ2) is 9.32. The Morgan fingerprint density at radius 1 is 1.06 bits per heavy atom. The highest BCUT2D eigenvalue weighted by molar-refractivity contribution is 6.03. The van der Waals surface area contributed by atoms with Crippen LogP contribution in [0.3, 0.4) is 0 Å². The van der Waals surface area contributed by atoms with Crippen LogP contribution in [0.1, 0.15) is 53.1 Å². The van der Waals surface area contributed by atoms with Crippen LogP contribution in [0.25, 0.3) is 0 Å². The van der Waals surface area contributed by atoms with Crippen molar-refractivity contribution in [1.29, 1.82) is 0 Å². The summed E-state index contributed by atoms with van der Waals surface area (Å²) in [5.74, 6) is -1.06. The van der Waals surface area contributed by atoms with Crippen molar-refractivity contribution >= 4 is 23.5 Å². The molecule has 1 saturated heterocycles. The minimum Gasteiger partial charge on any atom is -0.422 e. The number of anilines is 1. The van der Waals surface area contributed by atoms with Gasteiger partial charge in [0.05, 0.1) is 11.7 Å². The summed E-state index contributed by atoms with van der Waals surface area (Å²) in [6, 6.07) is 14.4. The molecule has 2 fully saturated rings. The third kappa shape index (κ3) is 4.53. The lowest BCUT2D eigenvalue weighted by molar-refractivity contribution is -0.127. The number of rotatable bonds is 5. The molecule has 1 aliphatic carbocycles. The molecule has 180 valence electrons. The van der Waals surface area contributed by atoms with Gasteiger partial charge in [0.15, 0.2) is 11.4 Å². The largest absolute Gasteiger partial charge is 0.422 e. The molecule has 5 rings (SSSR count). The SMILES string of the molecule is O=C(NC1CCC2(CC1)CCN(c1ccc(F)cc1)C2=O)c1nc[nH]c1C(=O)Oc1ccccc1. The highest BCUT2D eigenvalue weighted by atomic mass is 19.1. The molecule has 1 saturated carbocycles. The number of nitrogens with one attached hydrogen (secondary N) is 2. The van der Waals surface area contributed by atoms with Gasteiger partial charge in [-0.15, -0.1) is 0 Å². The van der Waals surface area contributed by atoms with Crippen molar-refractivity contribution in [3.05, 3.63) is 78.1 Å². The number of amides is 2. The number of aromatic nitrogens is 2. The van der Waals surface area contributed by atoms with Gasteiger partial charge in [-0.3, -0.25) is 9.59 Å². The molecule has 1 aromatic heterocycles. The van der Waals surface area contributed by atoms with E-state index in [4.69, 9.17) is 4.74 Å². The number of hydrogen-bond acceptors (Lipinski definition) is 5. The molecule has 8 nitrogen and oxygen atoms in total. The number of ether oxygens (including phenoxy) is 1. The Morgan fingerprint density at radius 3 is 2.49 bits per heavy atom. The molecule has 3 aromatic rings. The molecule has 35 heavy (non-hydrogen) atoms. The average Bonchev–Trinajstić information content (AvgIpc) is 3.48. The number of aromatic amines is 1. The quantitative estimate of drug-likeness (QED) is 0.430. The molecule has 1 aliphatic heterocycles. The molecule has 2 heterocycles. The predicted molar refractivity (Wildman–Crippen MR) is 126 cm³/mol. The Bertz CT molecular complexity index is 1230. The number of halogens is 1. The van der Waals surface area contributed by atoms with E-state index >= 15 is 0 Å². The molecule has 2 amide bonds. The number of carbonyl (C=O) groups is 3. The predicted octanol–water partition coefficient (Wildman–Crippen LogP) is 3.86. The minimum atomic E-state index is -0.695. The molecule has 2 N–H and O–H groups in total. The van der Waals surface area contributed by atoms with Crippen molar-refractivity contribution in [3.8, 4) is 5.75 Å². The number of carbonyl (C=O) groups excluding carboxylic acids is 3. The van der Waals surface area contributed by atoms with Crippen LogP contribution in [-0.2, 0) is 4.79 Å². The summed E-state index contributed by atoms with van der Waals surface area (Å²) in [5, 5.41) is 2.95. The van der Waals surface area contributed by atoms with Crippen molar-refractivity contribution in [2.45, 2.75) is 38.1 Å². The smallest absolute Gasteiger partial charge is 0.362 e. The molecule has 2 aromatic carbocycles. The lowest BCUT2D eigenvalue weighted by Crippen LogP contribution is -2.44. The standard InChI is InChI=1S/C26H25FN4O4/c27-17-6-8-19(9-7-17)31-15-14-26(25(31)34)12-10-18(11-13-26)30-23(32)21-22(29-16-28-21)24(33)35-20-4-2-1-3-5-20/h1-9,16,18H,10-15H2,(H,28,29)(H,30,32). The maximum Gasteiger partial charge on any atom is 0.362 e. The van der Waals surface area contributed by atoms with Crippen LogP contribution in [0.4, 0.5) is 10.1 Å². The third-order valence-electron chi connectivity index (χ3n) is 6.94. The van der Waals surface area contributed by atoms with Crippen molar-refractivity contribution in [1.82, 2.24) is 15.3 Å². The number of nitrogens with zero attached hydrogens (tertiary/aromatic N) is 2. The van der Waals surface area contributed by atoms with Gasteiger partial charge >= 0.3 is 5.97 Å². The van der Waals surface area contributed by atoms with Gasteiger partial charge < -0.3 is 19.9 Å². The molecular formula is C26H25FN4O4. The first kappa shape index (κ1) is 22.8. The Kier molecular flexibility index (Phi) is 6.07. The van der Waals surface area contributed by atoms with E-state index in [0.29, 0.717) is 43.7 Å². The van der Waals surface area contributed by atoms with E-state index in [-0.39, 0.29) is 29.2 Å². The van der Waals surface area contributed by atoms with Gasteiger partial charge in [-0.05, 0) is 68.5 Å². The first-order valence-electron chi connectivity index (χ1n) is 11.6. The van der Waals surface area contributed by atoms with Crippen molar-refractivity contribution in [2.24, 2.45) is 5.41 Å². The van der Waals surface area contributed by atoms with Crippen LogP contribution >= 0.6 is 0 Å². The lowest BCUT2D eigenvalue weighted by Gasteiger charge is -2.36. The fourth-order valence-electron chi connectivity index (χ4n) is 4.99. The van der Waals surface area contributed by atoms with E-state index in [2.05, 4.69) is 15.3 Å². The molecule has 0 radical (unpaired) electrons. The topological polar surface area (TPSA) is 104 Å². The number of imidazole rings is 1. The summed E-state index contributed by atoms with van der Waals surface area (Å²) in [4.78, 5) is 47.1. The zero-order valence-electron chi connectivity index (χ0n) is 19.0. The summed E-state index contributed by atoms with van der Waals surface area (Å²) in [6.45, 7) is 0.599. The number of para-hydroxylation sites is 1. The molecule has 9 heteroatoms. The zero-order valence-corrected chi connectivity index (χ0v) is 19.0. The molecule has 1 spiro atoms. The monoisotopic (exact) mass is 476 g/mol. The molecular weight excluding hydrogens is 451 g/mol. The Balaban J connectivity index is 1.19. The number of benzene rings is 2. The van der Waals surface area contributed by atoms with E-state index in [0.717, 1.165) is 6.42 Å². The highest BCUT2D eigenvalue weighted by Gasteiger charge is 2.48. The van der Waals surface area contributed by atoms with Gasteiger partial charge in [-0.1, -0.05) is 18.2 Å². The molecule has 0 bridgehead atoms. The van der Waals surface area contributed by atoms with Gasteiger partial charge in [0.2, 0.25) is 5.91 Å². The van der Waals surface area contributed by atoms with Crippen molar-refractivity contribution in [3.63, 3.8) is 0 Å². The second-order valence-electron chi connectivity index (χ2n) is 9.04. The molecule has 0 atom stereocenters. The Hall–Kier alpha value is -4.01. The Labute approximate surface area is 201 Å². The van der Waals surface area contributed by atoms with E-state index in [1.165, 1.54) is 18.5 Å². The summed E-state index contributed by atoms with van der Waals surface area (Å²) in [7, 11) is 0. The average molecular weight is 477 g/mol. The van der Waals surface area contributed by atoms with Crippen LogP contribution in [0.15, 0.2) is 60.9 Å². The number of esters is 1. The minimum absolute atomic E-state index is 0.0143. The summed E-state index contributed by atoms with van der Waals surface area (Å²) in [6.07, 6.45) is 4.61.